The highest BCUT2D eigenvalue weighted by Gasteiger charge is 2.51. The third kappa shape index (κ3) is 35.2. The monoisotopic (exact) mass is 1120 g/mol. The van der Waals surface area contributed by atoms with Crippen molar-refractivity contribution in [2.75, 3.05) is 19.8 Å². The van der Waals surface area contributed by atoms with Crippen LogP contribution in [0.3, 0.4) is 0 Å². The molecule has 2 aliphatic rings. The van der Waals surface area contributed by atoms with E-state index in [1.165, 1.54) is 141 Å². The number of carbonyl (C=O) groups is 1. The van der Waals surface area contributed by atoms with E-state index in [2.05, 4.69) is 79.9 Å². The van der Waals surface area contributed by atoms with Crippen LogP contribution in [0.4, 0.5) is 0 Å². The zero-order chi connectivity index (χ0) is 57.4. The number of amides is 1. The summed E-state index contributed by atoms with van der Waals surface area (Å²) in [5, 5.41) is 86.9. The number of allylic oxidation sites excluding steroid dienone is 11. The van der Waals surface area contributed by atoms with Crippen molar-refractivity contribution in [1.82, 2.24) is 5.32 Å². The van der Waals surface area contributed by atoms with Crippen LogP contribution in [-0.4, -0.2) is 140 Å². The van der Waals surface area contributed by atoms with E-state index in [1.807, 2.05) is 6.08 Å². The van der Waals surface area contributed by atoms with Gasteiger partial charge in [-0.25, -0.2) is 0 Å². The normalized spacial score (nSPS) is 24.9. The third-order valence-electron chi connectivity index (χ3n) is 15.1. The Bertz CT molecular complexity index is 1600. The fourth-order valence-electron chi connectivity index (χ4n) is 10.1. The van der Waals surface area contributed by atoms with Crippen molar-refractivity contribution < 1.29 is 64.6 Å². The maximum absolute atomic E-state index is 13.2. The second kappa shape index (κ2) is 50.0. The summed E-state index contributed by atoms with van der Waals surface area (Å²) < 4.78 is 22.7. The topological polar surface area (TPSA) is 228 Å². The highest BCUT2D eigenvalue weighted by molar-refractivity contribution is 5.76. The Hall–Kier alpha value is -2.57. The second-order valence-corrected chi connectivity index (χ2v) is 22.2. The average molecular weight is 1120 g/mol. The van der Waals surface area contributed by atoms with Gasteiger partial charge in [-0.1, -0.05) is 241 Å². The molecule has 458 valence electrons. The lowest BCUT2D eigenvalue weighted by Gasteiger charge is -2.46. The molecule has 0 aromatic heterocycles. The number of carbonyl (C=O) groups excluding carboxylic acids is 1. The Labute approximate surface area is 478 Å². The van der Waals surface area contributed by atoms with Gasteiger partial charge < -0.3 is 65.1 Å². The second-order valence-electron chi connectivity index (χ2n) is 22.2. The summed E-state index contributed by atoms with van der Waals surface area (Å²) in [5.74, 6) is -0.241. The summed E-state index contributed by atoms with van der Waals surface area (Å²) in [5.41, 5.74) is 0. The van der Waals surface area contributed by atoms with Gasteiger partial charge in [-0.2, -0.15) is 0 Å². The van der Waals surface area contributed by atoms with E-state index in [-0.39, 0.29) is 18.9 Å². The Kier molecular flexibility index (Phi) is 45.9. The van der Waals surface area contributed by atoms with Crippen molar-refractivity contribution >= 4 is 5.91 Å². The highest BCUT2D eigenvalue weighted by Crippen LogP contribution is 2.30. The molecule has 0 radical (unpaired) electrons. The van der Waals surface area contributed by atoms with Gasteiger partial charge in [0.1, 0.15) is 48.8 Å². The molecule has 79 heavy (non-hydrogen) atoms. The number of nitrogens with one attached hydrogen (secondary N) is 1. The predicted molar refractivity (Wildman–Crippen MR) is 318 cm³/mol. The zero-order valence-electron chi connectivity index (χ0n) is 49.3. The van der Waals surface area contributed by atoms with Gasteiger partial charge in [0, 0.05) is 6.42 Å². The van der Waals surface area contributed by atoms with Gasteiger partial charge in [-0.3, -0.25) is 4.79 Å². The van der Waals surface area contributed by atoms with Crippen molar-refractivity contribution in [3.63, 3.8) is 0 Å². The van der Waals surface area contributed by atoms with Crippen LogP contribution in [0.15, 0.2) is 72.9 Å². The minimum Gasteiger partial charge on any atom is -0.394 e. The number of ether oxygens (including phenoxy) is 4. The van der Waals surface area contributed by atoms with Gasteiger partial charge >= 0.3 is 0 Å². The van der Waals surface area contributed by atoms with Crippen LogP contribution < -0.4 is 5.32 Å². The molecule has 0 aliphatic carbocycles. The number of hydrogen-bond donors (Lipinski definition) is 9. The molecule has 2 aliphatic heterocycles. The number of unbranched alkanes of at least 4 members (excludes halogenated alkanes) is 27. The molecule has 2 fully saturated rings. The van der Waals surface area contributed by atoms with Gasteiger partial charge in [-0.05, 0) is 64.2 Å². The van der Waals surface area contributed by atoms with Crippen molar-refractivity contribution in [2.24, 2.45) is 0 Å². The van der Waals surface area contributed by atoms with Gasteiger partial charge in [0.2, 0.25) is 5.91 Å². The van der Waals surface area contributed by atoms with E-state index >= 15 is 0 Å². The first-order valence-corrected chi connectivity index (χ1v) is 31.7. The SMILES string of the molecule is CC/C=C\C/C=C\C/C=C\C/C=C\C/C=C\CCCCCCCCCCCCCCCCCCCCCC(=O)NC(COC1OC(CO)C(OC2OC(CO)C(O)C(O)C2O)C(O)C1O)C(O)/C=C/CCCCCCCCCC. The van der Waals surface area contributed by atoms with E-state index < -0.39 is 86.8 Å². The van der Waals surface area contributed by atoms with Crippen LogP contribution in [0.1, 0.15) is 239 Å². The zero-order valence-corrected chi connectivity index (χ0v) is 49.3. The molecular formula is C65H115NO13. The molecule has 0 saturated carbocycles. The van der Waals surface area contributed by atoms with Crippen LogP contribution in [-0.2, 0) is 23.7 Å². The fourth-order valence-corrected chi connectivity index (χ4v) is 10.1. The van der Waals surface area contributed by atoms with Gasteiger partial charge in [0.25, 0.3) is 0 Å². The van der Waals surface area contributed by atoms with Crippen molar-refractivity contribution in [1.29, 1.82) is 0 Å². The molecule has 9 N–H and O–H groups in total. The number of rotatable bonds is 50. The number of aliphatic hydroxyl groups excluding tert-OH is 8. The molecule has 0 bridgehead atoms. The minimum atomic E-state index is -1.79. The summed E-state index contributed by atoms with van der Waals surface area (Å²) in [7, 11) is 0. The molecule has 2 heterocycles. The summed E-state index contributed by atoms with van der Waals surface area (Å²) in [6, 6.07) is -0.914. The molecular weight excluding hydrogens is 1000 g/mol. The van der Waals surface area contributed by atoms with E-state index in [4.69, 9.17) is 18.9 Å². The number of aliphatic hydroxyl groups is 8. The number of hydrogen-bond acceptors (Lipinski definition) is 13. The van der Waals surface area contributed by atoms with E-state index in [1.54, 1.807) is 6.08 Å². The molecule has 0 aromatic carbocycles. The van der Waals surface area contributed by atoms with E-state index in [0.717, 1.165) is 70.6 Å². The molecule has 2 rings (SSSR count). The van der Waals surface area contributed by atoms with Gasteiger partial charge in [-0.15, -0.1) is 0 Å². The molecule has 0 aromatic rings. The van der Waals surface area contributed by atoms with Crippen LogP contribution in [0.25, 0.3) is 0 Å². The van der Waals surface area contributed by atoms with Crippen molar-refractivity contribution in [3.8, 4) is 0 Å². The molecule has 0 spiro atoms. The molecule has 14 heteroatoms. The first kappa shape index (κ1) is 72.5. The van der Waals surface area contributed by atoms with Crippen LogP contribution in [0.5, 0.6) is 0 Å². The Morgan fingerprint density at radius 2 is 0.873 bits per heavy atom. The lowest BCUT2D eigenvalue weighted by Crippen LogP contribution is -2.65. The van der Waals surface area contributed by atoms with Crippen LogP contribution in [0, 0.1) is 0 Å². The Morgan fingerprint density at radius 1 is 0.468 bits per heavy atom. The quantitative estimate of drug-likeness (QED) is 0.0204. The maximum Gasteiger partial charge on any atom is 0.220 e. The Balaban J connectivity index is 1.58. The smallest absolute Gasteiger partial charge is 0.220 e. The molecule has 12 unspecified atom stereocenters. The summed E-state index contributed by atoms with van der Waals surface area (Å²) >= 11 is 0. The largest absolute Gasteiger partial charge is 0.394 e. The highest BCUT2D eigenvalue weighted by atomic mass is 16.7. The third-order valence-corrected chi connectivity index (χ3v) is 15.1. The van der Waals surface area contributed by atoms with Crippen LogP contribution in [0.2, 0.25) is 0 Å². The van der Waals surface area contributed by atoms with E-state index in [0.29, 0.717) is 6.42 Å². The summed E-state index contributed by atoms with van der Waals surface area (Å²) in [6.45, 7) is 2.66. The van der Waals surface area contributed by atoms with Gasteiger partial charge in [0.05, 0.1) is 32.0 Å². The molecule has 1 amide bonds. The predicted octanol–water partition coefficient (Wildman–Crippen LogP) is 11.5. The van der Waals surface area contributed by atoms with Crippen LogP contribution >= 0.6 is 0 Å². The molecule has 14 nitrogen and oxygen atoms in total. The first-order chi connectivity index (χ1) is 38.6. The standard InChI is InChI=1S/C65H115NO13/c1-3-5-7-9-11-13-15-16-17-18-19-20-21-22-23-24-25-26-27-28-29-30-31-32-33-34-35-36-37-38-39-41-43-45-47-49-57(70)66-53(54(69)48-46-44-42-40-14-12-10-8-6-4-2)52-76-64-62(75)60(73)63(56(51-68)78-64)79-65-61(74)59(72)58(71)55(50-67)77-65/h5,7,11,13,16-17,19-20,22-23,46,48,53-56,58-65,67-69,71-75H,3-4,6,8-10,12,14-15,18,21,24-45,47,49-52H2,1-2H3,(H,66,70)/b7-5-,13-11-,17-16-,20-19-,23-22-,48-46+. The Morgan fingerprint density at radius 3 is 1.34 bits per heavy atom. The minimum absolute atomic E-state index is 0.241. The van der Waals surface area contributed by atoms with E-state index in [9.17, 15) is 45.6 Å². The summed E-state index contributed by atoms with van der Waals surface area (Å²) in [6.07, 6.45) is 49.8. The lowest BCUT2D eigenvalue weighted by atomic mass is 9.97. The molecule has 2 saturated heterocycles. The summed E-state index contributed by atoms with van der Waals surface area (Å²) in [4.78, 5) is 13.2. The average Bonchev–Trinajstić information content (AvgIpc) is 3.47. The van der Waals surface area contributed by atoms with Crippen molar-refractivity contribution in [2.45, 2.75) is 312 Å². The van der Waals surface area contributed by atoms with Gasteiger partial charge in [0.15, 0.2) is 12.6 Å². The fraction of sp³-hybridized carbons (Fsp3) is 0.800. The lowest BCUT2D eigenvalue weighted by molar-refractivity contribution is -0.359. The van der Waals surface area contributed by atoms with Crippen molar-refractivity contribution in [3.05, 3.63) is 72.9 Å². The maximum atomic E-state index is 13.2. The first-order valence-electron chi connectivity index (χ1n) is 31.7. The molecule has 12 atom stereocenters.